The molecule has 0 saturated carbocycles. The number of alkyl halides is 3. The second-order valence-electron chi connectivity index (χ2n) is 8.33. The van der Waals surface area contributed by atoms with Crippen LogP contribution in [0, 0.1) is 5.82 Å². The first-order valence-corrected chi connectivity index (χ1v) is 13.1. The van der Waals surface area contributed by atoms with Gasteiger partial charge in [0.25, 0.3) is 10.0 Å². The van der Waals surface area contributed by atoms with Crippen molar-refractivity contribution in [2.75, 3.05) is 24.5 Å². The van der Waals surface area contributed by atoms with E-state index < -0.39 is 22.1 Å². The third kappa shape index (κ3) is 5.29. The lowest BCUT2D eigenvalue weighted by Crippen LogP contribution is -2.55. The van der Waals surface area contributed by atoms with Crippen molar-refractivity contribution >= 4 is 27.0 Å². The van der Waals surface area contributed by atoms with Gasteiger partial charge in [0, 0.05) is 31.4 Å². The normalized spacial score (nSPS) is 18.7. The standard InChI is InChI=1S/C24H24F4N2O2S2/c1-17(24(26,27)28)19-7-9-21(10-8-19)30-12-11-29(34(31,32)23-6-3-13-33-23)16-22(30)15-18-4-2-5-20(25)14-18/h2-10,13-14,17,22H,11-12,15-16H2,1H3. The lowest BCUT2D eigenvalue weighted by atomic mass is 9.98. The van der Waals surface area contributed by atoms with Gasteiger partial charge in [0.1, 0.15) is 10.0 Å². The number of rotatable bonds is 6. The molecule has 0 bridgehead atoms. The number of halogens is 4. The van der Waals surface area contributed by atoms with Crippen molar-refractivity contribution in [3.8, 4) is 0 Å². The first-order chi connectivity index (χ1) is 16.1. The number of sulfonamides is 1. The monoisotopic (exact) mass is 512 g/mol. The molecule has 34 heavy (non-hydrogen) atoms. The molecule has 0 N–H and O–H groups in total. The van der Waals surface area contributed by atoms with E-state index >= 15 is 0 Å². The predicted molar refractivity (Wildman–Crippen MR) is 125 cm³/mol. The Labute approximate surface area is 200 Å². The highest BCUT2D eigenvalue weighted by molar-refractivity contribution is 7.91. The van der Waals surface area contributed by atoms with Crippen LogP contribution in [0.5, 0.6) is 0 Å². The van der Waals surface area contributed by atoms with E-state index in [1.54, 1.807) is 41.8 Å². The van der Waals surface area contributed by atoms with Gasteiger partial charge in [0.05, 0.1) is 5.92 Å². The van der Waals surface area contributed by atoms with Crippen LogP contribution < -0.4 is 4.90 Å². The average molecular weight is 513 g/mol. The van der Waals surface area contributed by atoms with Gasteiger partial charge >= 0.3 is 6.18 Å². The van der Waals surface area contributed by atoms with E-state index in [0.717, 1.165) is 18.3 Å². The van der Waals surface area contributed by atoms with E-state index in [1.165, 1.54) is 28.6 Å². The van der Waals surface area contributed by atoms with Crippen LogP contribution in [0.1, 0.15) is 24.0 Å². The number of thiophene rings is 1. The van der Waals surface area contributed by atoms with Crippen LogP contribution in [-0.2, 0) is 16.4 Å². The quantitative estimate of drug-likeness (QED) is 0.400. The van der Waals surface area contributed by atoms with Crippen LogP contribution in [0.4, 0.5) is 23.2 Å². The first kappa shape index (κ1) is 24.7. The molecule has 3 aromatic rings. The number of benzene rings is 2. The Kier molecular flexibility index (Phi) is 7.02. The highest BCUT2D eigenvalue weighted by atomic mass is 32.2. The molecule has 10 heteroatoms. The smallest absolute Gasteiger partial charge is 0.366 e. The van der Waals surface area contributed by atoms with Gasteiger partial charge in [0.15, 0.2) is 0 Å². The second kappa shape index (κ2) is 9.67. The molecule has 1 saturated heterocycles. The molecule has 4 rings (SSSR count). The molecule has 1 aliphatic heterocycles. The molecule has 0 spiro atoms. The van der Waals surface area contributed by atoms with Crippen molar-refractivity contribution in [2.45, 2.75) is 35.7 Å². The molecule has 0 amide bonds. The fourth-order valence-corrected chi connectivity index (χ4v) is 6.79. The first-order valence-electron chi connectivity index (χ1n) is 10.8. The summed E-state index contributed by atoms with van der Waals surface area (Å²) in [5.41, 5.74) is 1.58. The molecule has 182 valence electrons. The molecule has 2 atom stereocenters. The Hall–Kier alpha value is -2.43. The van der Waals surface area contributed by atoms with E-state index in [9.17, 15) is 26.0 Å². The maximum Gasteiger partial charge on any atom is 0.395 e. The lowest BCUT2D eigenvalue weighted by Gasteiger charge is -2.42. The molecule has 4 nitrogen and oxygen atoms in total. The highest BCUT2D eigenvalue weighted by Gasteiger charge is 2.38. The summed E-state index contributed by atoms with van der Waals surface area (Å²) in [5, 5.41) is 1.71. The highest BCUT2D eigenvalue weighted by Crippen LogP contribution is 2.35. The molecule has 2 heterocycles. The van der Waals surface area contributed by atoms with Crippen molar-refractivity contribution in [1.29, 1.82) is 0 Å². The molecular weight excluding hydrogens is 488 g/mol. The lowest BCUT2D eigenvalue weighted by molar-refractivity contribution is -0.146. The maximum absolute atomic E-state index is 13.8. The van der Waals surface area contributed by atoms with E-state index in [0.29, 0.717) is 24.2 Å². The van der Waals surface area contributed by atoms with Crippen LogP contribution in [-0.4, -0.2) is 44.6 Å². The van der Waals surface area contributed by atoms with Crippen LogP contribution in [0.15, 0.2) is 70.3 Å². The Morgan fingerprint density at radius 3 is 2.41 bits per heavy atom. The van der Waals surface area contributed by atoms with Crippen LogP contribution in [0.25, 0.3) is 0 Å². The summed E-state index contributed by atoms with van der Waals surface area (Å²) >= 11 is 1.15. The van der Waals surface area contributed by atoms with Gasteiger partial charge in [0.2, 0.25) is 0 Å². The maximum atomic E-state index is 13.8. The van der Waals surface area contributed by atoms with Crippen molar-refractivity contribution < 1.29 is 26.0 Å². The second-order valence-corrected chi connectivity index (χ2v) is 11.4. The Bertz CT molecular complexity index is 1210. The zero-order valence-electron chi connectivity index (χ0n) is 18.4. The summed E-state index contributed by atoms with van der Waals surface area (Å²) in [5.74, 6) is -1.97. The number of nitrogens with zero attached hydrogens (tertiary/aromatic N) is 2. The summed E-state index contributed by atoms with van der Waals surface area (Å²) in [6, 6.07) is 15.3. The Morgan fingerprint density at radius 1 is 1.06 bits per heavy atom. The van der Waals surface area contributed by atoms with Gasteiger partial charge in [-0.25, -0.2) is 12.8 Å². The Balaban J connectivity index is 1.62. The average Bonchev–Trinajstić information content (AvgIpc) is 3.34. The SMILES string of the molecule is CC(c1ccc(N2CCN(S(=O)(=O)c3cccs3)CC2Cc2cccc(F)c2)cc1)C(F)(F)F. The molecule has 1 aliphatic rings. The minimum absolute atomic E-state index is 0.164. The summed E-state index contributed by atoms with van der Waals surface area (Å²) in [6.45, 7) is 1.90. The minimum Gasteiger partial charge on any atom is -0.366 e. The number of hydrogen-bond donors (Lipinski definition) is 0. The molecule has 1 fully saturated rings. The van der Waals surface area contributed by atoms with Gasteiger partial charge in [-0.1, -0.05) is 30.3 Å². The summed E-state index contributed by atoms with van der Waals surface area (Å²) < 4.78 is 81.0. The van der Waals surface area contributed by atoms with Crippen LogP contribution >= 0.6 is 11.3 Å². The molecular formula is C24H24F4N2O2S2. The largest absolute Gasteiger partial charge is 0.395 e. The molecule has 1 aromatic heterocycles. The van der Waals surface area contributed by atoms with Crippen molar-refractivity contribution in [2.24, 2.45) is 0 Å². The van der Waals surface area contributed by atoms with Gasteiger partial charge < -0.3 is 4.90 Å². The van der Waals surface area contributed by atoms with E-state index in [1.807, 2.05) is 4.90 Å². The zero-order valence-corrected chi connectivity index (χ0v) is 20.0. The van der Waals surface area contributed by atoms with Crippen molar-refractivity contribution in [3.05, 3.63) is 83.0 Å². The van der Waals surface area contributed by atoms with Crippen LogP contribution in [0.3, 0.4) is 0 Å². The third-order valence-corrected chi connectivity index (χ3v) is 9.35. The fourth-order valence-electron chi connectivity index (χ4n) is 4.18. The summed E-state index contributed by atoms with van der Waals surface area (Å²) in [4.78, 5) is 1.99. The topological polar surface area (TPSA) is 40.6 Å². The van der Waals surface area contributed by atoms with Crippen molar-refractivity contribution in [3.63, 3.8) is 0 Å². The minimum atomic E-state index is -4.33. The summed E-state index contributed by atoms with van der Waals surface area (Å²) in [7, 11) is -3.67. The van der Waals surface area contributed by atoms with Gasteiger partial charge in [-0.15, -0.1) is 11.3 Å². The van der Waals surface area contributed by atoms with Gasteiger partial charge in [-0.05, 0) is 60.2 Å². The number of piperazine rings is 1. The Morgan fingerprint density at radius 2 is 1.79 bits per heavy atom. The molecule has 2 unspecified atom stereocenters. The third-order valence-electron chi connectivity index (χ3n) is 6.11. The van der Waals surface area contributed by atoms with Gasteiger partial charge in [-0.2, -0.15) is 17.5 Å². The number of hydrogen-bond acceptors (Lipinski definition) is 4. The summed E-state index contributed by atoms with van der Waals surface area (Å²) in [6.07, 6.45) is -3.95. The molecule has 0 radical (unpaired) electrons. The zero-order chi connectivity index (χ0) is 24.5. The molecule has 0 aliphatic carbocycles. The van der Waals surface area contributed by atoms with Crippen molar-refractivity contribution in [1.82, 2.24) is 4.31 Å². The van der Waals surface area contributed by atoms with Crippen LogP contribution in [0.2, 0.25) is 0 Å². The predicted octanol–water partition coefficient (Wildman–Crippen LogP) is 5.68. The van der Waals surface area contributed by atoms with E-state index in [2.05, 4.69) is 0 Å². The fraction of sp³-hybridized carbons (Fsp3) is 0.333. The number of anilines is 1. The van der Waals surface area contributed by atoms with E-state index in [4.69, 9.17) is 0 Å². The van der Waals surface area contributed by atoms with E-state index in [-0.39, 0.29) is 34.7 Å². The van der Waals surface area contributed by atoms with Gasteiger partial charge in [-0.3, -0.25) is 0 Å². The molecule has 2 aromatic carbocycles.